The molecule has 0 amide bonds. The molecule has 20 aromatic rings. The summed E-state index contributed by atoms with van der Waals surface area (Å²) in [6.07, 6.45) is 0. The van der Waals surface area contributed by atoms with Crippen molar-refractivity contribution < 1.29 is 0 Å². The van der Waals surface area contributed by atoms with Crippen LogP contribution in [0.1, 0.15) is 0 Å². The van der Waals surface area contributed by atoms with E-state index in [1.807, 2.05) is 0 Å². The van der Waals surface area contributed by atoms with Gasteiger partial charge in [0.1, 0.15) is 0 Å². The Morgan fingerprint density at radius 3 is 0.739 bits per heavy atom. The lowest BCUT2D eigenvalue weighted by atomic mass is 9.34. The molecule has 5 heteroatoms. The molecule has 0 saturated carbocycles. The molecule has 514 valence electrons. The van der Waals surface area contributed by atoms with Crippen LogP contribution in [0, 0.1) is 0 Å². The monoisotopic (exact) mass is 1410 g/mol. The third-order valence-electron chi connectivity index (χ3n) is 23.0. The Bertz CT molecular complexity index is 6520. The van der Waals surface area contributed by atoms with E-state index in [1.54, 1.807) is 0 Å². The molecule has 22 rings (SSSR count). The second-order valence-corrected chi connectivity index (χ2v) is 29.5. The standard InChI is InChI=1S/C106H67BN4/c1-11-31-68(32-12-1)78-51-79(69-33-13-2-14-34-69)54-86(53-78)95-67-96(87-55-80(70-35-15-3-16-36-70)52-81(56-87)71-37-17-4-18-38-71)109-106(108-95)88-65-99-103-100(66-88)111-98-64-85(75-45-25-8-26-46-75)58-90(77-49-29-10-30-50-77)102(98)92-60-83(73-41-21-6-22-42-73)62-94(105(92)111)107(103)93-61-82(72-39-19-5-20-40-72)59-91-101-89(76-47-27-9-28-48-76)57-84(74-43-23-7-24-44-74)63-97(101)110(99)104(91)93/h1-67H. The Labute approximate surface area is 644 Å². The SMILES string of the molecule is c1ccc(-c2cc(-c3ccccc3)cc(-c3cc(-c4cc(-c5ccccc5)cc(-c5ccccc5)c4)nc(-c4cc5c6c(c4)-n4c7cc(-c8ccccc8)cc(-c8ccccc8)c7c7cc(-c8ccccc8)cc(c74)B6c4cc(-c6ccccc6)cc6c7c(-c8ccccc8)cc(-c8ccccc8)cc7n-5c46)n3)c2)cc1. The summed E-state index contributed by atoms with van der Waals surface area (Å²) < 4.78 is 5.31. The number of hydrogen-bond acceptors (Lipinski definition) is 2. The van der Waals surface area contributed by atoms with Crippen molar-refractivity contribution in [1.29, 1.82) is 0 Å². The predicted octanol–water partition coefficient (Wildman–Crippen LogP) is 25.5. The van der Waals surface area contributed by atoms with Crippen LogP contribution in [0.3, 0.4) is 0 Å². The van der Waals surface area contributed by atoms with E-state index in [2.05, 4.69) is 416 Å². The summed E-state index contributed by atoms with van der Waals surface area (Å²) in [5.41, 5.74) is 37.7. The fourth-order valence-corrected chi connectivity index (χ4v) is 17.9. The highest BCUT2D eigenvalue weighted by molar-refractivity contribution is 7.00. The third-order valence-corrected chi connectivity index (χ3v) is 23.0. The molecule has 0 bridgehead atoms. The molecule has 0 saturated heterocycles. The zero-order valence-electron chi connectivity index (χ0n) is 60.5. The minimum atomic E-state index is -0.269. The average molecular weight is 1410 g/mol. The highest BCUT2D eigenvalue weighted by Gasteiger charge is 2.43. The smallest absolute Gasteiger partial charge is 0.252 e. The normalized spacial score (nSPS) is 11.9. The van der Waals surface area contributed by atoms with Crippen molar-refractivity contribution in [1.82, 2.24) is 19.1 Å². The molecule has 0 N–H and O–H groups in total. The highest BCUT2D eigenvalue weighted by atomic mass is 15.0. The summed E-state index contributed by atoms with van der Waals surface area (Å²) >= 11 is 0. The Hall–Kier alpha value is -14.5. The van der Waals surface area contributed by atoms with Crippen molar-refractivity contribution in [3.63, 3.8) is 0 Å². The van der Waals surface area contributed by atoms with Crippen LogP contribution in [-0.4, -0.2) is 25.8 Å². The zero-order valence-corrected chi connectivity index (χ0v) is 60.5. The summed E-state index contributed by atoms with van der Waals surface area (Å²) in [4.78, 5) is 12.1. The van der Waals surface area contributed by atoms with Crippen molar-refractivity contribution >= 4 is 66.7 Å². The molecule has 0 fully saturated rings. The number of benzene rings is 17. The lowest BCUT2D eigenvalue weighted by molar-refractivity contribution is 1.13. The number of rotatable bonds is 13. The fraction of sp³-hybridized carbons (Fsp3) is 0. The molecule has 17 aromatic carbocycles. The Morgan fingerprint density at radius 1 is 0.198 bits per heavy atom. The molecule has 5 heterocycles. The summed E-state index contributed by atoms with van der Waals surface area (Å²) in [6, 6.07) is 150. The summed E-state index contributed by atoms with van der Waals surface area (Å²) in [5.74, 6) is 0.608. The molecule has 0 spiro atoms. The average Bonchev–Trinajstić information content (AvgIpc) is 1.51. The quantitative estimate of drug-likeness (QED) is 0.108. The number of hydrogen-bond donors (Lipinski definition) is 0. The van der Waals surface area contributed by atoms with E-state index in [1.165, 1.54) is 71.2 Å². The second kappa shape index (κ2) is 26.2. The molecule has 0 atom stereocenters. The van der Waals surface area contributed by atoms with Gasteiger partial charge in [0.15, 0.2) is 5.82 Å². The van der Waals surface area contributed by atoms with Gasteiger partial charge in [-0.25, -0.2) is 9.97 Å². The molecule has 4 nitrogen and oxygen atoms in total. The summed E-state index contributed by atoms with van der Waals surface area (Å²) in [6.45, 7) is -0.269. The van der Waals surface area contributed by atoms with Gasteiger partial charge in [0.25, 0.3) is 6.71 Å². The first-order valence-corrected chi connectivity index (χ1v) is 38.3. The molecule has 2 aliphatic rings. The van der Waals surface area contributed by atoms with Crippen molar-refractivity contribution in [2.45, 2.75) is 0 Å². The summed E-state index contributed by atoms with van der Waals surface area (Å²) in [7, 11) is 0. The third kappa shape index (κ3) is 10.8. The van der Waals surface area contributed by atoms with E-state index in [-0.39, 0.29) is 6.71 Å². The van der Waals surface area contributed by atoms with E-state index < -0.39 is 0 Å². The van der Waals surface area contributed by atoms with Crippen LogP contribution in [0.5, 0.6) is 0 Å². The van der Waals surface area contributed by atoms with Gasteiger partial charge in [0.2, 0.25) is 0 Å². The van der Waals surface area contributed by atoms with Crippen LogP contribution < -0.4 is 16.4 Å². The molecular weight excluding hydrogens is 1340 g/mol. The first kappa shape index (κ1) is 63.7. The number of aromatic nitrogens is 4. The lowest BCUT2D eigenvalue weighted by Gasteiger charge is -2.34. The molecule has 0 radical (unpaired) electrons. The van der Waals surface area contributed by atoms with E-state index in [0.717, 1.165) is 140 Å². The summed E-state index contributed by atoms with van der Waals surface area (Å²) in [5, 5.41) is 4.78. The van der Waals surface area contributed by atoms with Crippen molar-refractivity contribution in [3.8, 4) is 157 Å². The van der Waals surface area contributed by atoms with E-state index >= 15 is 0 Å². The Kier molecular flexibility index (Phi) is 15.0. The van der Waals surface area contributed by atoms with Crippen LogP contribution in [0.4, 0.5) is 0 Å². The molecule has 2 aliphatic heterocycles. The molecular formula is C106H67BN4. The maximum absolute atomic E-state index is 6.05. The highest BCUT2D eigenvalue weighted by Crippen LogP contribution is 2.49. The van der Waals surface area contributed by atoms with Gasteiger partial charge in [0, 0.05) is 60.6 Å². The predicted molar refractivity (Wildman–Crippen MR) is 466 cm³/mol. The first-order chi connectivity index (χ1) is 55.0. The van der Waals surface area contributed by atoms with Crippen molar-refractivity contribution in [3.05, 3.63) is 406 Å². The van der Waals surface area contributed by atoms with E-state index in [9.17, 15) is 0 Å². The number of nitrogens with zero attached hydrogens (tertiary/aromatic N) is 4. The number of fused-ring (bicyclic) bond motifs is 10. The lowest BCUT2D eigenvalue weighted by Crippen LogP contribution is -2.59. The second-order valence-electron chi connectivity index (χ2n) is 29.5. The van der Waals surface area contributed by atoms with Gasteiger partial charge < -0.3 is 9.13 Å². The topological polar surface area (TPSA) is 35.6 Å². The zero-order chi connectivity index (χ0) is 73.0. The minimum Gasteiger partial charge on any atom is -0.310 e. The maximum Gasteiger partial charge on any atom is 0.252 e. The van der Waals surface area contributed by atoms with Crippen LogP contribution in [0.2, 0.25) is 0 Å². The van der Waals surface area contributed by atoms with Gasteiger partial charge in [-0.1, -0.05) is 315 Å². The van der Waals surface area contributed by atoms with Crippen LogP contribution in [0.25, 0.3) is 200 Å². The van der Waals surface area contributed by atoms with E-state index in [4.69, 9.17) is 9.97 Å². The van der Waals surface area contributed by atoms with E-state index in [0.29, 0.717) is 5.82 Å². The largest absolute Gasteiger partial charge is 0.310 e. The van der Waals surface area contributed by atoms with Crippen molar-refractivity contribution in [2.24, 2.45) is 0 Å². The van der Waals surface area contributed by atoms with Gasteiger partial charge in [0.05, 0.1) is 22.4 Å². The Balaban J connectivity index is 0.922. The van der Waals surface area contributed by atoms with Gasteiger partial charge in [-0.2, -0.15) is 0 Å². The molecule has 3 aromatic heterocycles. The van der Waals surface area contributed by atoms with Crippen LogP contribution >= 0.6 is 0 Å². The van der Waals surface area contributed by atoms with Gasteiger partial charge in [-0.05, 0) is 219 Å². The first-order valence-electron chi connectivity index (χ1n) is 38.3. The maximum atomic E-state index is 6.05. The van der Waals surface area contributed by atoms with Crippen molar-refractivity contribution in [2.75, 3.05) is 0 Å². The van der Waals surface area contributed by atoms with Gasteiger partial charge >= 0.3 is 0 Å². The Morgan fingerprint density at radius 2 is 0.450 bits per heavy atom. The van der Waals surface area contributed by atoms with Gasteiger partial charge in [-0.3, -0.25) is 0 Å². The van der Waals surface area contributed by atoms with Crippen LogP contribution in [-0.2, 0) is 0 Å². The fourth-order valence-electron chi connectivity index (χ4n) is 17.9. The minimum absolute atomic E-state index is 0.269. The molecule has 0 aliphatic carbocycles. The molecule has 0 unspecified atom stereocenters. The molecule has 111 heavy (non-hydrogen) atoms. The van der Waals surface area contributed by atoms with Gasteiger partial charge in [-0.15, -0.1) is 0 Å². The van der Waals surface area contributed by atoms with Crippen LogP contribution in [0.15, 0.2) is 406 Å².